The fraction of sp³-hybridized carbons (Fsp3) is 0.650. The Hall–Kier alpha value is -1.55. The van der Waals surface area contributed by atoms with E-state index in [2.05, 4.69) is 11.8 Å². The van der Waals surface area contributed by atoms with Crippen LogP contribution in [0, 0.1) is 0 Å². The van der Waals surface area contributed by atoms with Crippen LogP contribution in [0.25, 0.3) is 0 Å². The summed E-state index contributed by atoms with van der Waals surface area (Å²) in [5, 5.41) is 9.10. The van der Waals surface area contributed by atoms with Crippen molar-refractivity contribution in [2.45, 2.75) is 50.2 Å². The maximum absolute atomic E-state index is 13.2. The van der Waals surface area contributed by atoms with Crippen LogP contribution >= 0.6 is 12.4 Å². The van der Waals surface area contributed by atoms with E-state index in [1.807, 2.05) is 24.3 Å². The van der Waals surface area contributed by atoms with Gasteiger partial charge in [-0.2, -0.15) is 4.31 Å². The Labute approximate surface area is 185 Å². The van der Waals surface area contributed by atoms with Gasteiger partial charge in [0, 0.05) is 31.9 Å². The van der Waals surface area contributed by atoms with E-state index in [-0.39, 0.29) is 25.2 Å². The van der Waals surface area contributed by atoms with E-state index >= 15 is 0 Å². The first kappa shape index (κ1) is 24.7. The van der Waals surface area contributed by atoms with Crippen molar-refractivity contribution < 1.29 is 23.2 Å². The highest BCUT2D eigenvalue weighted by Crippen LogP contribution is 2.39. The molecule has 2 aliphatic rings. The van der Waals surface area contributed by atoms with Gasteiger partial charge in [0.1, 0.15) is 5.75 Å². The summed E-state index contributed by atoms with van der Waals surface area (Å²) in [4.78, 5) is 14.4. The second-order valence-corrected chi connectivity index (χ2v) is 9.98. The van der Waals surface area contributed by atoms with Gasteiger partial charge < -0.3 is 9.64 Å². The number of hydrogen-bond acceptors (Lipinski definition) is 6. The lowest BCUT2D eigenvalue weighted by Gasteiger charge is -2.39. The molecular formula is C20H32ClN3O5S. The highest BCUT2D eigenvalue weighted by Gasteiger charge is 2.55. The zero-order valence-electron chi connectivity index (χ0n) is 17.4. The van der Waals surface area contributed by atoms with Crippen LogP contribution in [0.1, 0.15) is 45.4 Å². The van der Waals surface area contributed by atoms with Gasteiger partial charge in [0.2, 0.25) is 10.0 Å². The van der Waals surface area contributed by atoms with E-state index in [0.717, 1.165) is 24.3 Å². The first-order chi connectivity index (χ1) is 13.9. The zero-order chi connectivity index (χ0) is 20.9. The Bertz CT molecular complexity index is 789. The van der Waals surface area contributed by atoms with Gasteiger partial charge >= 0.3 is 0 Å². The third-order valence-electron chi connectivity index (χ3n) is 5.97. The van der Waals surface area contributed by atoms with Gasteiger partial charge in [-0.1, -0.05) is 26.2 Å². The summed E-state index contributed by atoms with van der Waals surface area (Å²) in [7, 11) is -3.85. The quantitative estimate of drug-likeness (QED) is 0.350. The van der Waals surface area contributed by atoms with E-state index in [1.54, 1.807) is 5.48 Å². The number of amides is 1. The zero-order valence-corrected chi connectivity index (χ0v) is 19.0. The number of unbranched alkanes of at least 4 members (excludes halogenated alkanes) is 1. The van der Waals surface area contributed by atoms with Crippen LogP contribution in [0.3, 0.4) is 0 Å². The van der Waals surface area contributed by atoms with E-state index in [9.17, 15) is 13.2 Å². The number of hydrogen-bond donors (Lipinski definition) is 2. The summed E-state index contributed by atoms with van der Waals surface area (Å²) in [6.07, 6.45) is 3.95. The number of nitrogens with zero attached hydrogens (tertiary/aromatic N) is 2. The fourth-order valence-corrected chi connectivity index (χ4v) is 6.39. The van der Waals surface area contributed by atoms with Gasteiger partial charge in [-0.05, 0) is 43.5 Å². The first-order valence-corrected chi connectivity index (χ1v) is 11.8. The van der Waals surface area contributed by atoms with Gasteiger partial charge in [-0.3, -0.25) is 10.0 Å². The van der Waals surface area contributed by atoms with Crippen molar-refractivity contribution in [2.75, 3.05) is 37.7 Å². The molecular weight excluding hydrogens is 430 g/mol. The van der Waals surface area contributed by atoms with Crippen molar-refractivity contribution in [3.63, 3.8) is 0 Å². The number of rotatable bonds is 8. The van der Waals surface area contributed by atoms with Crippen LogP contribution in [0.2, 0.25) is 0 Å². The maximum Gasteiger partial charge on any atom is 0.266 e. The Balaban J connectivity index is 0.00000320. The molecule has 0 unspecified atom stereocenters. The average Bonchev–Trinajstić information content (AvgIpc) is 3.26. The van der Waals surface area contributed by atoms with Gasteiger partial charge in [0.15, 0.2) is 4.75 Å². The number of hydroxylamine groups is 1. The molecule has 1 aliphatic carbocycles. The monoisotopic (exact) mass is 461 g/mol. The largest absolute Gasteiger partial charge is 0.494 e. The number of benzene rings is 1. The molecule has 0 aromatic heterocycles. The van der Waals surface area contributed by atoms with E-state index < -0.39 is 20.7 Å². The molecule has 0 spiro atoms. The van der Waals surface area contributed by atoms with Crippen molar-refractivity contribution in [2.24, 2.45) is 0 Å². The van der Waals surface area contributed by atoms with Crippen LogP contribution in [-0.4, -0.2) is 61.4 Å². The minimum atomic E-state index is -3.85. The number of anilines is 1. The summed E-state index contributed by atoms with van der Waals surface area (Å²) < 4.78 is 32.0. The molecule has 1 saturated carbocycles. The van der Waals surface area contributed by atoms with Gasteiger partial charge in [0.05, 0.1) is 6.61 Å². The molecule has 2 N–H and O–H groups in total. The summed E-state index contributed by atoms with van der Waals surface area (Å²) in [6, 6.07) is 7.85. The van der Waals surface area contributed by atoms with Crippen LogP contribution in [0.4, 0.5) is 5.69 Å². The standard InChI is InChI=1S/C20H31N3O5S.ClH/c1-2-3-16-28-18-8-6-17(7-9-18)22-12-14-23(15-13-22)29(26,27)20(19(24)21-25)10-4-5-11-20;/h6-9,25H,2-5,10-16H2,1H3,(H,21,24);1H. The number of nitrogens with one attached hydrogen (secondary N) is 1. The molecule has 0 atom stereocenters. The normalized spacial score (nSPS) is 19.2. The van der Waals surface area contributed by atoms with Crippen LogP contribution in [0.15, 0.2) is 24.3 Å². The summed E-state index contributed by atoms with van der Waals surface area (Å²) in [5.74, 6) is 0.0256. The lowest BCUT2D eigenvalue weighted by atomic mass is 10.1. The van der Waals surface area contributed by atoms with Crippen LogP contribution in [0.5, 0.6) is 5.75 Å². The molecule has 3 rings (SSSR count). The Morgan fingerprint density at radius 3 is 2.27 bits per heavy atom. The predicted molar refractivity (Wildman–Crippen MR) is 118 cm³/mol. The van der Waals surface area contributed by atoms with E-state index in [0.29, 0.717) is 45.6 Å². The summed E-state index contributed by atoms with van der Waals surface area (Å²) in [5.41, 5.74) is 2.61. The Morgan fingerprint density at radius 2 is 1.73 bits per heavy atom. The molecule has 8 nitrogen and oxygen atoms in total. The molecule has 30 heavy (non-hydrogen) atoms. The molecule has 1 aliphatic heterocycles. The lowest BCUT2D eigenvalue weighted by Crippen LogP contribution is -2.59. The molecule has 1 heterocycles. The molecule has 1 aromatic carbocycles. The number of carbonyl (C=O) groups excluding carboxylic acids is 1. The molecule has 1 amide bonds. The number of ether oxygens (including phenoxy) is 1. The van der Waals surface area contributed by atoms with Gasteiger partial charge in [-0.25, -0.2) is 13.9 Å². The number of carbonyl (C=O) groups is 1. The van der Waals surface area contributed by atoms with Crippen molar-refractivity contribution in [1.82, 2.24) is 9.79 Å². The third kappa shape index (κ3) is 4.85. The van der Waals surface area contributed by atoms with E-state index in [1.165, 1.54) is 4.31 Å². The highest BCUT2D eigenvalue weighted by atomic mass is 35.5. The topological polar surface area (TPSA) is 99.2 Å². The number of piperazine rings is 1. The third-order valence-corrected chi connectivity index (χ3v) is 8.59. The Kier molecular flexibility index (Phi) is 8.78. The second kappa shape index (κ2) is 10.7. The number of sulfonamides is 1. The molecule has 2 fully saturated rings. The average molecular weight is 462 g/mol. The minimum absolute atomic E-state index is 0. The molecule has 0 radical (unpaired) electrons. The Morgan fingerprint density at radius 1 is 1.13 bits per heavy atom. The summed E-state index contributed by atoms with van der Waals surface area (Å²) >= 11 is 0. The van der Waals surface area contributed by atoms with Crippen LogP contribution < -0.4 is 15.1 Å². The molecule has 1 aromatic rings. The van der Waals surface area contributed by atoms with Gasteiger partial charge in [-0.15, -0.1) is 12.4 Å². The van der Waals surface area contributed by atoms with Crippen LogP contribution in [-0.2, 0) is 14.8 Å². The van der Waals surface area contributed by atoms with Crippen molar-refractivity contribution in [3.05, 3.63) is 24.3 Å². The highest BCUT2D eigenvalue weighted by molar-refractivity contribution is 7.91. The SMILES string of the molecule is CCCCOc1ccc(N2CCN(S(=O)(=O)C3(C(=O)NO)CCCC3)CC2)cc1.Cl. The molecule has 10 heteroatoms. The van der Waals surface area contributed by atoms with Crippen molar-refractivity contribution >= 4 is 34.0 Å². The molecule has 1 saturated heterocycles. The van der Waals surface area contributed by atoms with Crippen molar-refractivity contribution in [3.8, 4) is 5.75 Å². The second-order valence-electron chi connectivity index (χ2n) is 7.73. The first-order valence-electron chi connectivity index (χ1n) is 10.4. The summed E-state index contributed by atoms with van der Waals surface area (Å²) in [6.45, 7) is 4.56. The van der Waals surface area contributed by atoms with E-state index in [4.69, 9.17) is 9.94 Å². The lowest BCUT2D eigenvalue weighted by molar-refractivity contribution is -0.131. The minimum Gasteiger partial charge on any atom is -0.494 e. The smallest absolute Gasteiger partial charge is 0.266 e. The van der Waals surface area contributed by atoms with Crippen molar-refractivity contribution in [1.29, 1.82) is 0 Å². The van der Waals surface area contributed by atoms with Gasteiger partial charge in [0.25, 0.3) is 5.91 Å². The maximum atomic E-state index is 13.2. The molecule has 0 bridgehead atoms. The fourth-order valence-electron chi connectivity index (χ4n) is 4.17. The number of halogens is 1. The molecule has 170 valence electrons. The predicted octanol–water partition coefficient (Wildman–Crippen LogP) is 2.56.